The molecule has 98 valence electrons. The summed E-state index contributed by atoms with van der Waals surface area (Å²) in [5, 5.41) is 4.30. The monoisotopic (exact) mass is 306 g/mol. The number of carbonyl (C=O) groups is 1. The molecule has 0 radical (unpaired) electrons. The summed E-state index contributed by atoms with van der Waals surface area (Å²) in [6.07, 6.45) is 0. The van der Waals surface area contributed by atoms with Gasteiger partial charge < -0.3 is 5.32 Å². The lowest BCUT2D eigenvalue weighted by Gasteiger charge is -2.26. The molecule has 1 N–H and O–H groups in total. The van der Waals surface area contributed by atoms with Crippen LogP contribution in [0, 0.1) is 0 Å². The summed E-state index contributed by atoms with van der Waals surface area (Å²) in [4.78, 5) is 14.2. The van der Waals surface area contributed by atoms with Crippen LogP contribution < -0.4 is 5.32 Å². The third-order valence-corrected chi connectivity index (χ3v) is 3.92. The summed E-state index contributed by atoms with van der Waals surface area (Å²) in [7, 11) is 0. The van der Waals surface area contributed by atoms with E-state index < -0.39 is 0 Å². The Morgan fingerprint density at radius 2 is 1.72 bits per heavy atom. The number of hydrogen-bond donors (Lipinski definition) is 1. The lowest BCUT2D eigenvalue weighted by Crippen LogP contribution is -2.45. The van der Waals surface area contributed by atoms with Gasteiger partial charge >= 0.3 is 0 Å². The molecule has 1 aromatic rings. The van der Waals surface area contributed by atoms with Crippen LogP contribution in [0.25, 0.3) is 0 Å². The number of piperazine rings is 1. The van der Waals surface area contributed by atoms with Gasteiger partial charge in [0.15, 0.2) is 5.78 Å². The van der Waals surface area contributed by atoms with Crippen LogP contribution in [0.2, 0.25) is 15.1 Å². The van der Waals surface area contributed by atoms with Gasteiger partial charge in [-0.3, -0.25) is 9.69 Å². The van der Waals surface area contributed by atoms with Crippen molar-refractivity contribution in [2.24, 2.45) is 0 Å². The molecule has 0 aromatic heterocycles. The Hall–Kier alpha value is -0.320. The predicted molar refractivity (Wildman–Crippen MR) is 75.1 cm³/mol. The van der Waals surface area contributed by atoms with Crippen molar-refractivity contribution in [2.75, 3.05) is 32.7 Å². The standard InChI is InChI=1S/C12H13Cl3N2O/c13-9-6-11(15)10(14)5-8(9)12(18)7-17-3-1-16-2-4-17/h5-6,16H,1-4,7H2. The van der Waals surface area contributed by atoms with Crippen LogP contribution in [0.15, 0.2) is 12.1 Å². The molecule has 1 heterocycles. The first kappa shape index (κ1) is 14.1. The molecular weight excluding hydrogens is 295 g/mol. The van der Waals surface area contributed by atoms with Gasteiger partial charge in [0.2, 0.25) is 0 Å². The predicted octanol–water partition coefficient (Wildman–Crippen LogP) is 2.73. The Balaban J connectivity index is 2.10. The Morgan fingerprint density at radius 3 is 2.39 bits per heavy atom. The van der Waals surface area contributed by atoms with E-state index in [9.17, 15) is 4.79 Å². The largest absolute Gasteiger partial charge is 0.314 e. The van der Waals surface area contributed by atoms with Gasteiger partial charge in [0.1, 0.15) is 0 Å². The molecule has 0 bridgehead atoms. The van der Waals surface area contributed by atoms with Gasteiger partial charge in [-0.1, -0.05) is 34.8 Å². The molecule has 2 rings (SSSR count). The Kier molecular flexibility index (Phi) is 4.87. The fraction of sp³-hybridized carbons (Fsp3) is 0.417. The summed E-state index contributed by atoms with van der Waals surface area (Å²) < 4.78 is 0. The second-order valence-corrected chi connectivity index (χ2v) is 5.42. The third kappa shape index (κ3) is 3.37. The Bertz CT molecular complexity index is 459. The summed E-state index contributed by atoms with van der Waals surface area (Å²) >= 11 is 17.8. The van der Waals surface area contributed by atoms with Crippen molar-refractivity contribution in [1.29, 1.82) is 0 Å². The average molecular weight is 308 g/mol. The van der Waals surface area contributed by atoms with Gasteiger partial charge in [0.25, 0.3) is 0 Å². The normalized spacial score (nSPS) is 16.8. The Labute approximate surface area is 121 Å². The fourth-order valence-corrected chi connectivity index (χ4v) is 2.55. The first-order valence-electron chi connectivity index (χ1n) is 5.69. The molecule has 1 saturated heterocycles. The second-order valence-electron chi connectivity index (χ2n) is 4.20. The molecule has 1 aliphatic heterocycles. The minimum absolute atomic E-state index is 0.0273. The summed E-state index contributed by atoms with van der Waals surface area (Å²) in [6, 6.07) is 3.05. The van der Waals surface area contributed by atoms with Gasteiger partial charge in [-0.15, -0.1) is 0 Å². The van der Waals surface area contributed by atoms with Crippen LogP contribution in [0.3, 0.4) is 0 Å². The number of halogens is 3. The molecule has 0 saturated carbocycles. The molecule has 0 atom stereocenters. The molecule has 18 heavy (non-hydrogen) atoms. The van der Waals surface area contributed by atoms with Gasteiger partial charge in [-0.05, 0) is 12.1 Å². The van der Waals surface area contributed by atoms with E-state index >= 15 is 0 Å². The van der Waals surface area contributed by atoms with E-state index in [0.717, 1.165) is 26.2 Å². The summed E-state index contributed by atoms with van der Waals surface area (Å²) in [5.74, 6) is -0.0273. The molecule has 0 amide bonds. The van der Waals surface area contributed by atoms with E-state index in [2.05, 4.69) is 10.2 Å². The highest BCUT2D eigenvalue weighted by Gasteiger charge is 2.18. The molecular formula is C12H13Cl3N2O. The van der Waals surface area contributed by atoms with E-state index in [1.165, 1.54) is 12.1 Å². The van der Waals surface area contributed by atoms with E-state index in [1.807, 2.05) is 0 Å². The third-order valence-electron chi connectivity index (χ3n) is 2.89. The van der Waals surface area contributed by atoms with Crippen molar-refractivity contribution in [3.05, 3.63) is 32.8 Å². The zero-order valence-electron chi connectivity index (χ0n) is 9.68. The molecule has 3 nitrogen and oxygen atoms in total. The molecule has 0 unspecified atom stereocenters. The first-order valence-corrected chi connectivity index (χ1v) is 6.82. The van der Waals surface area contributed by atoms with E-state index in [0.29, 0.717) is 27.2 Å². The van der Waals surface area contributed by atoms with Gasteiger partial charge in [0, 0.05) is 31.7 Å². The first-order chi connectivity index (χ1) is 8.58. The van der Waals surface area contributed by atoms with E-state index in [1.54, 1.807) is 0 Å². The van der Waals surface area contributed by atoms with Crippen molar-refractivity contribution < 1.29 is 4.79 Å². The quantitative estimate of drug-likeness (QED) is 0.688. The van der Waals surface area contributed by atoms with Crippen molar-refractivity contribution in [2.45, 2.75) is 0 Å². The topological polar surface area (TPSA) is 32.3 Å². The number of nitrogens with zero attached hydrogens (tertiary/aromatic N) is 1. The number of Topliss-reactive ketones (excluding diaryl/α,β-unsaturated/α-hetero) is 1. The van der Waals surface area contributed by atoms with Crippen LogP contribution in [0.5, 0.6) is 0 Å². The zero-order valence-corrected chi connectivity index (χ0v) is 11.9. The van der Waals surface area contributed by atoms with Crippen molar-refractivity contribution in [1.82, 2.24) is 10.2 Å². The molecule has 1 fully saturated rings. The fourth-order valence-electron chi connectivity index (χ4n) is 1.89. The second kappa shape index (κ2) is 6.22. The maximum absolute atomic E-state index is 12.1. The minimum atomic E-state index is -0.0273. The maximum atomic E-state index is 12.1. The van der Waals surface area contributed by atoms with E-state index in [-0.39, 0.29) is 5.78 Å². The number of rotatable bonds is 3. The number of ketones is 1. The molecule has 1 aliphatic rings. The highest BCUT2D eigenvalue weighted by atomic mass is 35.5. The Morgan fingerprint density at radius 1 is 1.11 bits per heavy atom. The van der Waals surface area contributed by atoms with Crippen LogP contribution in [-0.2, 0) is 0 Å². The van der Waals surface area contributed by atoms with Gasteiger partial charge in [0.05, 0.1) is 21.6 Å². The van der Waals surface area contributed by atoms with Crippen LogP contribution in [0.1, 0.15) is 10.4 Å². The molecule has 6 heteroatoms. The van der Waals surface area contributed by atoms with Crippen LogP contribution in [-0.4, -0.2) is 43.4 Å². The van der Waals surface area contributed by atoms with Gasteiger partial charge in [-0.25, -0.2) is 0 Å². The molecule has 0 spiro atoms. The molecule has 0 aliphatic carbocycles. The highest BCUT2D eigenvalue weighted by Crippen LogP contribution is 2.29. The minimum Gasteiger partial charge on any atom is -0.314 e. The lowest BCUT2D eigenvalue weighted by atomic mass is 10.1. The van der Waals surface area contributed by atoms with Crippen LogP contribution in [0.4, 0.5) is 0 Å². The number of carbonyl (C=O) groups excluding carboxylic acids is 1. The lowest BCUT2D eigenvalue weighted by molar-refractivity contribution is 0.0921. The smallest absolute Gasteiger partial charge is 0.178 e. The van der Waals surface area contributed by atoms with Gasteiger partial charge in [-0.2, -0.15) is 0 Å². The van der Waals surface area contributed by atoms with E-state index in [4.69, 9.17) is 34.8 Å². The maximum Gasteiger partial charge on any atom is 0.178 e. The van der Waals surface area contributed by atoms with Crippen molar-refractivity contribution >= 4 is 40.6 Å². The number of hydrogen-bond acceptors (Lipinski definition) is 3. The summed E-state index contributed by atoms with van der Waals surface area (Å²) in [5.41, 5.74) is 0.435. The zero-order chi connectivity index (χ0) is 13.1. The highest BCUT2D eigenvalue weighted by molar-refractivity contribution is 6.44. The van der Waals surface area contributed by atoms with Crippen molar-refractivity contribution in [3.8, 4) is 0 Å². The molecule has 1 aromatic carbocycles. The van der Waals surface area contributed by atoms with Crippen LogP contribution >= 0.6 is 34.8 Å². The summed E-state index contributed by atoms with van der Waals surface area (Å²) in [6.45, 7) is 3.90. The number of nitrogens with one attached hydrogen (secondary N) is 1. The average Bonchev–Trinajstić information content (AvgIpc) is 2.35. The number of benzene rings is 1. The SMILES string of the molecule is O=C(CN1CCNCC1)c1cc(Cl)c(Cl)cc1Cl. The van der Waals surface area contributed by atoms with Crippen molar-refractivity contribution in [3.63, 3.8) is 0 Å².